The minimum atomic E-state index is -1.31. The Morgan fingerprint density at radius 3 is 2.03 bits per heavy atom. The standard InChI is InChI=1S/C24H20N2O5/c1-31-20-13-9-17(10-14-20)22(27)26-21(15-16-5-3-2-4-6-16)23(28)25-19-11-7-18(8-12-19)24(29)30/h2-15H,1H3,(H,25,28)(H,26,27)(H,29,30)/p-1/b21-15-. The van der Waals surface area contributed by atoms with Gasteiger partial charge in [0.05, 0.1) is 13.1 Å². The zero-order valence-electron chi connectivity index (χ0n) is 16.6. The number of anilines is 1. The third-order valence-corrected chi connectivity index (χ3v) is 4.33. The van der Waals surface area contributed by atoms with E-state index < -0.39 is 17.8 Å². The van der Waals surface area contributed by atoms with Gasteiger partial charge in [-0.1, -0.05) is 42.5 Å². The highest BCUT2D eigenvalue weighted by atomic mass is 16.5. The van der Waals surface area contributed by atoms with E-state index >= 15 is 0 Å². The molecule has 0 fully saturated rings. The number of nitrogens with one attached hydrogen (secondary N) is 2. The first-order valence-corrected chi connectivity index (χ1v) is 9.31. The van der Waals surface area contributed by atoms with Gasteiger partial charge in [-0.05, 0) is 53.6 Å². The lowest BCUT2D eigenvalue weighted by molar-refractivity contribution is -0.255. The van der Waals surface area contributed by atoms with E-state index in [0.29, 0.717) is 17.0 Å². The highest BCUT2D eigenvalue weighted by molar-refractivity contribution is 6.10. The van der Waals surface area contributed by atoms with Crippen LogP contribution in [-0.2, 0) is 4.79 Å². The van der Waals surface area contributed by atoms with Crippen LogP contribution in [0.1, 0.15) is 26.3 Å². The molecule has 7 nitrogen and oxygen atoms in total. The van der Waals surface area contributed by atoms with Crippen LogP contribution >= 0.6 is 0 Å². The number of carboxylic acid groups (broad SMARTS) is 1. The fraction of sp³-hybridized carbons (Fsp3) is 0.0417. The summed E-state index contributed by atoms with van der Waals surface area (Å²) >= 11 is 0. The number of methoxy groups -OCH3 is 1. The molecule has 7 heteroatoms. The number of carbonyl (C=O) groups excluding carboxylic acids is 3. The van der Waals surface area contributed by atoms with Crippen molar-refractivity contribution in [3.05, 3.63) is 101 Å². The zero-order valence-corrected chi connectivity index (χ0v) is 16.6. The van der Waals surface area contributed by atoms with Gasteiger partial charge in [0.1, 0.15) is 11.4 Å². The van der Waals surface area contributed by atoms with Crippen molar-refractivity contribution in [1.82, 2.24) is 5.32 Å². The van der Waals surface area contributed by atoms with E-state index in [2.05, 4.69) is 10.6 Å². The SMILES string of the molecule is COc1ccc(C(=O)N/C(=C\c2ccccc2)C(=O)Nc2ccc(C(=O)[O-])cc2)cc1. The minimum Gasteiger partial charge on any atom is -0.545 e. The molecule has 0 bridgehead atoms. The van der Waals surface area contributed by atoms with Gasteiger partial charge >= 0.3 is 0 Å². The van der Waals surface area contributed by atoms with Crippen LogP contribution in [0.4, 0.5) is 5.69 Å². The summed E-state index contributed by atoms with van der Waals surface area (Å²) in [6.07, 6.45) is 1.55. The van der Waals surface area contributed by atoms with Crippen LogP contribution in [0.15, 0.2) is 84.6 Å². The summed E-state index contributed by atoms with van der Waals surface area (Å²) in [4.78, 5) is 36.4. The lowest BCUT2D eigenvalue weighted by Gasteiger charge is -2.12. The second-order valence-corrected chi connectivity index (χ2v) is 6.47. The van der Waals surface area contributed by atoms with Crippen molar-refractivity contribution in [2.45, 2.75) is 0 Å². The van der Waals surface area contributed by atoms with Crippen molar-refractivity contribution < 1.29 is 24.2 Å². The largest absolute Gasteiger partial charge is 0.545 e. The van der Waals surface area contributed by atoms with Crippen LogP contribution in [-0.4, -0.2) is 24.9 Å². The number of rotatable bonds is 7. The summed E-state index contributed by atoms with van der Waals surface area (Å²) in [6.45, 7) is 0. The molecule has 0 saturated carbocycles. The monoisotopic (exact) mass is 415 g/mol. The highest BCUT2D eigenvalue weighted by Crippen LogP contribution is 2.14. The summed E-state index contributed by atoms with van der Waals surface area (Å²) in [7, 11) is 1.53. The smallest absolute Gasteiger partial charge is 0.272 e. The van der Waals surface area contributed by atoms with Crippen molar-refractivity contribution in [2.75, 3.05) is 12.4 Å². The summed E-state index contributed by atoms with van der Waals surface area (Å²) < 4.78 is 5.09. The Morgan fingerprint density at radius 1 is 0.839 bits per heavy atom. The van der Waals surface area contributed by atoms with Crippen molar-refractivity contribution in [3.8, 4) is 5.75 Å². The number of ether oxygens (including phenoxy) is 1. The topological polar surface area (TPSA) is 108 Å². The van der Waals surface area contributed by atoms with E-state index in [9.17, 15) is 19.5 Å². The number of aromatic carboxylic acids is 1. The van der Waals surface area contributed by atoms with Crippen molar-refractivity contribution >= 4 is 29.5 Å². The predicted molar refractivity (Wildman–Crippen MR) is 114 cm³/mol. The van der Waals surface area contributed by atoms with Gasteiger partial charge in [-0.25, -0.2) is 0 Å². The molecule has 0 saturated heterocycles. The van der Waals surface area contributed by atoms with Crippen LogP contribution in [0, 0.1) is 0 Å². The molecule has 0 heterocycles. The zero-order chi connectivity index (χ0) is 22.2. The number of hydrogen-bond acceptors (Lipinski definition) is 5. The Bertz CT molecular complexity index is 1100. The summed E-state index contributed by atoms with van der Waals surface area (Å²) in [6, 6.07) is 21.0. The second-order valence-electron chi connectivity index (χ2n) is 6.47. The molecule has 31 heavy (non-hydrogen) atoms. The lowest BCUT2D eigenvalue weighted by Crippen LogP contribution is -2.30. The lowest BCUT2D eigenvalue weighted by atomic mass is 10.1. The summed E-state index contributed by atoms with van der Waals surface area (Å²) in [5.74, 6) is -1.73. The van der Waals surface area contributed by atoms with E-state index in [-0.39, 0.29) is 11.3 Å². The average molecular weight is 415 g/mol. The van der Waals surface area contributed by atoms with Crippen LogP contribution in [0.25, 0.3) is 6.08 Å². The molecule has 0 spiro atoms. The third-order valence-electron chi connectivity index (χ3n) is 4.33. The molecule has 0 aliphatic rings. The molecular weight excluding hydrogens is 396 g/mol. The Morgan fingerprint density at radius 2 is 1.45 bits per heavy atom. The summed E-state index contributed by atoms with van der Waals surface area (Å²) in [5.41, 5.74) is 1.45. The first-order valence-electron chi connectivity index (χ1n) is 9.31. The molecule has 3 rings (SSSR count). The summed E-state index contributed by atoms with van der Waals surface area (Å²) in [5, 5.41) is 16.2. The van der Waals surface area contributed by atoms with Crippen molar-refractivity contribution in [2.24, 2.45) is 0 Å². The number of carboxylic acids is 1. The molecule has 0 aliphatic carbocycles. The molecule has 3 aromatic carbocycles. The average Bonchev–Trinajstić information content (AvgIpc) is 2.79. The fourth-order valence-electron chi connectivity index (χ4n) is 2.70. The van der Waals surface area contributed by atoms with Gasteiger partial charge in [-0.3, -0.25) is 9.59 Å². The van der Waals surface area contributed by atoms with Crippen LogP contribution in [0.3, 0.4) is 0 Å². The molecule has 2 N–H and O–H groups in total. The quantitative estimate of drug-likeness (QED) is 0.577. The van der Waals surface area contributed by atoms with E-state index in [1.807, 2.05) is 18.2 Å². The Balaban J connectivity index is 1.83. The maximum absolute atomic E-state index is 12.9. The fourth-order valence-corrected chi connectivity index (χ4v) is 2.70. The van der Waals surface area contributed by atoms with E-state index in [1.165, 1.54) is 31.4 Å². The first kappa shape index (κ1) is 21.3. The van der Waals surface area contributed by atoms with Gasteiger partial charge in [0, 0.05) is 11.3 Å². The Kier molecular flexibility index (Phi) is 6.80. The van der Waals surface area contributed by atoms with Gasteiger partial charge in [-0.2, -0.15) is 0 Å². The van der Waals surface area contributed by atoms with Crippen LogP contribution in [0.5, 0.6) is 5.75 Å². The maximum atomic E-state index is 12.9. The molecule has 0 unspecified atom stereocenters. The second kappa shape index (κ2) is 9.89. The molecular formula is C24H19N2O5-. The molecule has 0 aromatic heterocycles. The van der Waals surface area contributed by atoms with Gasteiger partial charge in [-0.15, -0.1) is 0 Å². The van der Waals surface area contributed by atoms with Gasteiger partial charge < -0.3 is 25.3 Å². The minimum absolute atomic E-state index is 0.00846. The number of amides is 2. The number of hydrogen-bond donors (Lipinski definition) is 2. The molecule has 2 amide bonds. The molecule has 156 valence electrons. The van der Waals surface area contributed by atoms with E-state index in [0.717, 1.165) is 5.56 Å². The molecule has 0 atom stereocenters. The Labute approximate surface area is 179 Å². The Hall–Kier alpha value is -4.39. The van der Waals surface area contributed by atoms with Crippen LogP contribution < -0.4 is 20.5 Å². The molecule has 0 radical (unpaired) electrons. The van der Waals surface area contributed by atoms with E-state index in [1.54, 1.807) is 42.5 Å². The van der Waals surface area contributed by atoms with Gasteiger partial charge in [0.2, 0.25) is 0 Å². The van der Waals surface area contributed by atoms with Crippen LogP contribution in [0.2, 0.25) is 0 Å². The normalized spacial score (nSPS) is 10.8. The van der Waals surface area contributed by atoms with Crippen molar-refractivity contribution in [1.29, 1.82) is 0 Å². The number of benzene rings is 3. The third kappa shape index (κ3) is 5.80. The maximum Gasteiger partial charge on any atom is 0.272 e. The number of carbonyl (C=O) groups is 3. The molecule has 0 aliphatic heterocycles. The highest BCUT2D eigenvalue weighted by Gasteiger charge is 2.15. The van der Waals surface area contributed by atoms with Gasteiger partial charge in [0.15, 0.2) is 0 Å². The van der Waals surface area contributed by atoms with E-state index in [4.69, 9.17) is 4.74 Å². The van der Waals surface area contributed by atoms with Crippen molar-refractivity contribution in [3.63, 3.8) is 0 Å². The van der Waals surface area contributed by atoms with Gasteiger partial charge in [0.25, 0.3) is 11.8 Å². The molecule has 3 aromatic rings. The first-order chi connectivity index (χ1) is 15.0. The predicted octanol–water partition coefficient (Wildman–Crippen LogP) is 2.47.